The summed E-state index contributed by atoms with van der Waals surface area (Å²) in [6, 6.07) is 10.5. The Balaban J connectivity index is 1.40. The maximum atomic E-state index is 13.0. The van der Waals surface area contributed by atoms with Crippen molar-refractivity contribution in [1.29, 1.82) is 0 Å². The highest BCUT2D eigenvalue weighted by Gasteiger charge is 2.42. The molecule has 2 aromatic rings. The topological polar surface area (TPSA) is 80.3 Å². The molecule has 1 aliphatic heterocycles. The zero-order chi connectivity index (χ0) is 19.5. The minimum absolute atomic E-state index is 0.00579. The summed E-state index contributed by atoms with van der Waals surface area (Å²) in [7, 11) is -3.83. The van der Waals surface area contributed by atoms with E-state index in [2.05, 4.69) is 5.32 Å². The van der Waals surface area contributed by atoms with Crippen LogP contribution in [0, 0.1) is 17.8 Å². The molecule has 2 fully saturated rings. The first-order valence-corrected chi connectivity index (χ1v) is 11.2. The van der Waals surface area contributed by atoms with Crippen LogP contribution in [-0.4, -0.2) is 26.7 Å². The van der Waals surface area contributed by atoms with Crippen molar-refractivity contribution < 1.29 is 18.0 Å². The van der Waals surface area contributed by atoms with Gasteiger partial charge >= 0.3 is 0 Å². The molecule has 3 aliphatic rings. The van der Waals surface area contributed by atoms with Crippen molar-refractivity contribution in [1.82, 2.24) is 5.32 Å². The van der Waals surface area contributed by atoms with Gasteiger partial charge in [-0.25, -0.2) is 8.42 Å². The second-order valence-corrected chi connectivity index (χ2v) is 10.1. The molecule has 5 rings (SSSR count). The fourth-order valence-corrected chi connectivity index (χ4v) is 6.38. The van der Waals surface area contributed by atoms with Crippen LogP contribution in [-0.2, 0) is 9.84 Å². The number of ketones is 1. The fraction of sp³-hybridized carbons (Fsp3) is 0.364. The second-order valence-electron chi connectivity index (χ2n) is 8.18. The van der Waals surface area contributed by atoms with Crippen LogP contribution in [0.25, 0.3) is 0 Å². The minimum atomic E-state index is -3.83. The summed E-state index contributed by atoms with van der Waals surface area (Å²) < 4.78 is 26.0. The Bertz CT molecular complexity index is 1110. The number of benzene rings is 2. The molecule has 2 aromatic carbocycles. The Labute approximate surface area is 164 Å². The standard InChI is InChI=1S/C22H21NO4S/c24-21-17-3-1-2-4-19(17)28(26,27)20-11-15(7-8-18(20)21)22(25)23-12-13-5-6-14-10-16(14)9-13/h1-4,7-8,11,13-14,16H,5-6,9-10,12H2,(H,23,25). The number of hydrogen-bond donors (Lipinski definition) is 1. The zero-order valence-electron chi connectivity index (χ0n) is 15.4. The van der Waals surface area contributed by atoms with E-state index in [0.717, 1.165) is 18.3 Å². The van der Waals surface area contributed by atoms with Gasteiger partial charge < -0.3 is 5.32 Å². The van der Waals surface area contributed by atoms with Crippen molar-refractivity contribution in [3.8, 4) is 0 Å². The maximum Gasteiger partial charge on any atom is 0.251 e. The molecule has 3 atom stereocenters. The molecule has 0 bridgehead atoms. The van der Waals surface area contributed by atoms with E-state index in [0.29, 0.717) is 12.5 Å². The Hall–Kier alpha value is -2.47. The van der Waals surface area contributed by atoms with Crippen LogP contribution in [0.4, 0.5) is 0 Å². The third-order valence-electron chi connectivity index (χ3n) is 6.40. The lowest BCUT2D eigenvalue weighted by Gasteiger charge is -2.22. The highest BCUT2D eigenvalue weighted by Crippen LogP contribution is 2.51. The number of fused-ring (bicyclic) bond motifs is 3. The number of carbonyl (C=O) groups excluding carboxylic acids is 2. The molecular weight excluding hydrogens is 374 g/mol. The van der Waals surface area contributed by atoms with Crippen LogP contribution in [0.3, 0.4) is 0 Å². The summed E-state index contributed by atoms with van der Waals surface area (Å²) in [5.74, 6) is 1.65. The molecule has 1 N–H and O–H groups in total. The maximum absolute atomic E-state index is 13.0. The van der Waals surface area contributed by atoms with Crippen LogP contribution >= 0.6 is 0 Å². The van der Waals surface area contributed by atoms with Gasteiger partial charge in [-0.15, -0.1) is 0 Å². The lowest BCUT2D eigenvalue weighted by Crippen LogP contribution is -2.31. The molecule has 1 amide bonds. The van der Waals surface area contributed by atoms with E-state index in [1.165, 1.54) is 49.6 Å². The van der Waals surface area contributed by atoms with Gasteiger partial charge in [0.05, 0.1) is 9.79 Å². The monoisotopic (exact) mass is 395 g/mol. The first-order chi connectivity index (χ1) is 13.4. The number of nitrogens with one attached hydrogen (secondary N) is 1. The predicted octanol–water partition coefficient (Wildman–Crippen LogP) is 3.23. The molecule has 2 saturated carbocycles. The third-order valence-corrected chi connectivity index (χ3v) is 8.25. The first kappa shape index (κ1) is 17.6. The van der Waals surface area contributed by atoms with Crippen LogP contribution < -0.4 is 5.32 Å². The summed E-state index contributed by atoms with van der Waals surface area (Å²) in [6.45, 7) is 0.619. The fourth-order valence-electron chi connectivity index (χ4n) is 4.70. The molecule has 28 heavy (non-hydrogen) atoms. The molecule has 0 spiro atoms. The van der Waals surface area contributed by atoms with Crippen molar-refractivity contribution in [2.75, 3.05) is 6.54 Å². The van der Waals surface area contributed by atoms with Crippen molar-refractivity contribution in [2.45, 2.75) is 35.5 Å². The van der Waals surface area contributed by atoms with Crippen LogP contribution in [0.5, 0.6) is 0 Å². The van der Waals surface area contributed by atoms with E-state index >= 15 is 0 Å². The van der Waals surface area contributed by atoms with E-state index in [4.69, 9.17) is 0 Å². The van der Waals surface area contributed by atoms with E-state index in [9.17, 15) is 18.0 Å². The average molecular weight is 395 g/mol. The Kier molecular flexibility index (Phi) is 3.95. The Morgan fingerprint density at radius 1 is 0.964 bits per heavy atom. The Morgan fingerprint density at radius 2 is 1.75 bits per heavy atom. The molecule has 0 saturated heterocycles. The molecule has 0 aromatic heterocycles. The normalized spacial score (nSPS) is 26.6. The molecule has 6 heteroatoms. The lowest BCUT2D eigenvalue weighted by atomic mass is 9.89. The number of amides is 1. The van der Waals surface area contributed by atoms with Gasteiger partial charge in [0.1, 0.15) is 0 Å². The van der Waals surface area contributed by atoms with Gasteiger partial charge in [-0.3, -0.25) is 9.59 Å². The smallest absolute Gasteiger partial charge is 0.251 e. The summed E-state index contributed by atoms with van der Waals surface area (Å²) >= 11 is 0. The van der Waals surface area contributed by atoms with Gasteiger partial charge in [0, 0.05) is 23.2 Å². The first-order valence-electron chi connectivity index (χ1n) is 9.76. The van der Waals surface area contributed by atoms with E-state index in [1.807, 2.05) is 0 Å². The van der Waals surface area contributed by atoms with E-state index < -0.39 is 9.84 Å². The van der Waals surface area contributed by atoms with Crippen molar-refractivity contribution >= 4 is 21.5 Å². The largest absolute Gasteiger partial charge is 0.352 e. The van der Waals surface area contributed by atoms with Gasteiger partial charge in [0.2, 0.25) is 9.84 Å². The molecule has 0 radical (unpaired) electrons. The quantitative estimate of drug-likeness (QED) is 0.738. The van der Waals surface area contributed by atoms with Gasteiger partial charge in [-0.05, 0) is 73.8 Å². The molecule has 2 aliphatic carbocycles. The van der Waals surface area contributed by atoms with Crippen LogP contribution in [0.2, 0.25) is 0 Å². The zero-order valence-corrected chi connectivity index (χ0v) is 16.2. The van der Waals surface area contributed by atoms with Crippen LogP contribution in [0.1, 0.15) is 52.0 Å². The number of hydrogen-bond acceptors (Lipinski definition) is 4. The summed E-state index contributed by atoms with van der Waals surface area (Å²) in [5, 5.41) is 2.95. The Morgan fingerprint density at radius 3 is 2.57 bits per heavy atom. The third kappa shape index (κ3) is 2.78. The van der Waals surface area contributed by atoms with Gasteiger partial charge in [0.25, 0.3) is 5.91 Å². The summed E-state index contributed by atoms with van der Waals surface area (Å²) in [4.78, 5) is 25.2. The SMILES string of the molecule is O=C(NCC1CCC2CC2C1)c1ccc2c(c1)S(=O)(=O)c1ccccc1C2=O. The van der Waals surface area contributed by atoms with Crippen molar-refractivity contribution in [3.63, 3.8) is 0 Å². The highest BCUT2D eigenvalue weighted by molar-refractivity contribution is 7.91. The highest BCUT2D eigenvalue weighted by atomic mass is 32.2. The van der Waals surface area contributed by atoms with E-state index in [1.54, 1.807) is 12.1 Å². The summed E-state index contributed by atoms with van der Waals surface area (Å²) in [6.07, 6.45) is 4.91. The van der Waals surface area contributed by atoms with Crippen molar-refractivity contribution in [2.24, 2.45) is 17.8 Å². The average Bonchev–Trinajstić information content (AvgIpc) is 3.49. The minimum Gasteiger partial charge on any atom is -0.352 e. The predicted molar refractivity (Wildman–Crippen MR) is 103 cm³/mol. The van der Waals surface area contributed by atoms with Gasteiger partial charge in [0.15, 0.2) is 5.78 Å². The molecule has 5 nitrogen and oxygen atoms in total. The van der Waals surface area contributed by atoms with Gasteiger partial charge in [-0.1, -0.05) is 12.1 Å². The number of carbonyl (C=O) groups is 2. The lowest BCUT2D eigenvalue weighted by molar-refractivity contribution is 0.0941. The molecule has 3 unspecified atom stereocenters. The van der Waals surface area contributed by atoms with E-state index in [-0.39, 0.29) is 38.2 Å². The van der Waals surface area contributed by atoms with Crippen molar-refractivity contribution in [3.05, 3.63) is 59.2 Å². The molecule has 1 heterocycles. The molecular formula is C22H21NO4S. The number of rotatable bonds is 3. The second kappa shape index (κ2) is 6.27. The summed E-state index contributed by atoms with van der Waals surface area (Å²) in [5.41, 5.74) is 0.583. The molecule has 144 valence electrons. The van der Waals surface area contributed by atoms with Crippen LogP contribution in [0.15, 0.2) is 52.3 Å². The van der Waals surface area contributed by atoms with Gasteiger partial charge in [-0.2, -0.15) is 0 Å². The number of sulfone groups is 1.